The summed E-state index contributed by atoms with van der Waals surface area (Å²) in [5.74, 6) is -0.364. The van der Waals surface area contributed by atoms with Crippen LogP contribution in [0.1, 0.15) is 15.9 Å². The largest absolute Gasteiger partial charge is 0.365 e. The van der Waals surface area contributed by atoms with Crippen LogP contribution in [0.5, 0.6) is 0 Å². The van der Waals surface area contributed by atoms with Crippen LogP contribution in [-0.2, 0) is 5.72 Å². The predicted molar refractivity (Wildman–Crippen MR) is 70.2 cm³/mol. The van der Waals surface area contributed by atoms with Gasteiger partial charge in [-0.25, -0.2) is 0 Å². The van der Waals surface area contributed by atoms with Crippen molar-refractivity contribution in [2.45, 2.75) is 5.72 Å². The van der Waals surface area contributed by atoms with E-state index in [0.717, 1.165) is 0 Å². The third-order valence-electron chi connectivity index (χ3n) is 2.92. The smallest absolute Gasteiger partial charge is 0.214 e. The van der Waals surface area contributed by atoms with Crippen LogP contribution in [0.3, 0.4) is 0 Å². The molecule has 0 radical (unpaired) electrons. The standard InChI is InChI=1S/C15H15NO2/c1-16-15(18,13-10-6-3-7-11-13)14(17)12-8-4-2-5-9-12/h2-11,16,18H,1H3. The second kappa shape index (κ2) is 5.12. The van der Waals surface area contributed by atoms with E-state index in [1.54, 1.807) is 55.6 Å². The molecule has 2 N–H and O–H groups in total. The van der Waals surface area contributed by atoms with E-state index in [-0.39, 0.29) is 5.78 Å². The minimum Gasteiger partial charge on any atom is -0.365 e. The van der Waals surface area contributed by atoms with Gasteiger partial charge in [0.05, 0.1) is 0 Å². The lowest BCUT2D eigenvalue weighted by atomic mass is 9.93. The van der Waals surface area contributed by atoms with Crippen LogP contribution in [0, 0.1) is 0 Å². The van der Waals surface area contributed by atoms with Crippen LogP contribution in [0.25, 0.3) is 0 Å². The molecule has 2 rings (SSSR count). The number of carbonyl (C=O) groups excluding carboxylic acids is 1. The average molecular weight is 241 g/mol. The summed E-state index contributed by atoms with van der Waals surface area (Å²) in [5.41, 5.74) is -0.692. The molecule has 0 aromatic heterocycles. The number of rotatable bonds is 4. The van der Waals surface area contributed by atoms with Gasteiger partial charge >= 0.3 is 0 Å². The Hall–Kier alpha value is -1.97. The summed E-state index contributed by atoms with van der Waals surface area (Å²) >= 11 is 0. The van der Waals surface area contributed by atoms with E-state index in [4.69, 9.17) is 0 Å². The highest BCUT2D eigenvalue weighted by Crippen LogP contribution is 2.22. The zero-order chi connectivity index (χ0) is 13.0. The van der Waals surface area contributed by atoms with Gasteiger partial charge in [0.1, 0.15) is 0 Å². The Bertz CT molecular complexity index is 525. The number of nitrogens with one attached hydrogen (secondary N) is 1. The average Bonchev–Trinajstić information content (AvgIpc) is 2.47. The molecule has 2 aromatic carbocycles. The Balaban J connectivity index is 2.43. The predicted octanol–water partition coefficient (Wildman–Crippen LogP) is 1.93. The van der Waals surface area contributed by atoms with Gasteiger partial charge in [0, 0.05) is 11.1 Å². The molecule has 0 aliphatic carbocycles. The van der Waals surface area contributed by atoms with E-state index in [1.807, 2.05) is 12.1 Å². The summed E-state index contributed by atoms with van der Waals surface area (Å²) < 4.78 is 0. The molecule has 92 valence electrons. The fourth-order valence-electron chi connectivity index (χ4n) is 1.87. The highest BCUT2D eigenvalue weighted by atomic mass is 16.3. The summed E-state index contributed by atoms with van der Waals surface area (Å²) in [7, 11) is 1.56. The normalized spacial score (nSPS) is 13.9. The molecule has 1 unspecified atom stereocenters. The molecule has 3 nitrogen and oxygen atoms in total. The SMILES string of the molecule is CNC(O)(C(=O)c1ccccc1)c1ccccc1. The van der Waals surface area contributed by atoms with Crippen LogP contribution >= 0.6 is 0 Å². The summed E-state index contributed by atoms with van der Waals surface area (Å²) in [6.45, 7) is 0. The highest BCUT2D eigenvalue weighted by Gasteiger charge is 2.36. The lowest BCUT2D eigenvalue weighted by molar-refractivity contribution is 0.0144. The van der Waals surface area contributed by atoms with E-state index in [9.17, 15) is 9.90 Å². The van der Waals surface area contributed by atoms with E-state index >= 15 is 0 Å². The molecular weight excluding hydrogens is 226 g/mol. The van der Waals surface area contributed by atoms with Gasteiger partial charge in [-0.2, -0.15) is 0 Å². The Morgan fingerprint density at radius 2 is 1.50 bits per heavy atom. The molecule has 0 bridgehead atoms. The number of carbonyl (C=O) groups is 1. The van der Waals surface area contributed by atoms with Crippen LogP contribution in [0.4, 0.5) is 0 Å². The van der Waals surface area contributed by atoms with Gasteiger partial charge in [0.25, 0.3) is 0 Å². The van der Waals surface area contributed by atoms with Gasteiger partial charge < -0.3 is 5.11 Å². The van der Waals surface area contributed by atoms with Crippen LogP contribution in [0.15, 0.2) is 60.7 Å². The van der Waals surface area contributed by atoms with Crippen molar-refractivity contribution in [3.05, 3.63) is 71.8 Å². The van der Waals surface area contributed by atoms with Crippen molar-refractivity contribution < 1.29 is 9.90 Å². The molecule has 18 heavy (non-hydrogen) atoms. The van der Waals surface area contributed by atoms with Crippen LogP contribution in [0.2, 0.25) is 0 Å². The fraction of sp³-hybridized carbons (Fsp3) is 0.133. The third-order valence-corrected chi connectivity index (χ3v) is 2.92. The molecule has 1 atom stereocenters. The first kappa shape index (κ1) is 12.5. The zero-order valence-corrected chi connectivity index (χ0v) is 10.1. The number of ketones is 1. The molecule has 0 saturated heterocycles. The minimum atomic E-state index is -1.69. The summed E-state index contributed by atoms with van der Waals surface area (Å²) in [6.07, 6.45) is 0. The summed E-state index contributed by atoms with van der Waals surface area (Å²) in [6, 6.07) is 17.6. The maximum atomic E-state index is 12.4. The van der Waals surface area contributed by atoms with E-state index in [1.165, 1.54) is 0 Å². The van der Waals surface area contributed by atoms with E-state index in [0.29, 0.717) is 11.1 Å². The molecule has 3 heteroatoms. The number of hydrogen-bond donors (Lipinski definition) is 2. The molecule has 2 aromatic rings. The van der Waals surface area contributed by atoms with Gasteiger partial charge in [-0.3, -0.25) is 10.1 Å². The highest BCUT2D eigenvalue weighted by molar-refractivity contribution is 6.02. The molecule has 0 spiro atoms. The first-order valence-corrected chi connectivity index (χ1v) is 5.75. The van der Waals surface area contributed by atoms with Gasteiger partial charge in [-0.05, 0) is 7.05 Å². The molecule has 0 fully saturated rings. The first-order chi connectivity index (χ1) is 8.68. The van der Waals surface area contributed by atoms with Gasteiger partial charge in [-0.1, -0.05) is 60.7 Å². The quantitative estimate of drug-likeness (QED) is 0.635. The summed E-state index contributed by atoms with van der Waals surface area (Å²) in [4.78, 5) is 12.4. The molecule has 0 aliphatic heterocycles. The summed E-state index contributed by atoms with van der Waals surface area (Å²) in [5, 5.41) is 13.3. The Labute approximate surface area is 106 Å². The zero-order valence-electron chi connectivity index (χ0n) is 10.1. The number of benzene rings is 2. The number of Topliss-reactive ketones (excluding diaryl/α,β-unsaturated/α-hetero) is 1. The van der Waals surface area contributed by atoms with Gasteiger partial charge in [0.2, 0.25) is 11.5 Å². The Morgan fingerprint density at radius 3 is 2.00 bits per heavy atom. The molecule has 0 aliphatic rings. The second-order valence-electron chi connectivity index (χ2n) is 4.02. The maximum Gasteiger partial charge on any atom is 0.214 e. The monoisotopic (exact) mass is 241 g/mol. The molecule has 0 saturated carbocycles. The van der Waals surface area contributed by atoms with E-state index < -0.39 is 5.72 Å². The van der Waals surface area contributed by atoms with Crippen molar-refractivity contribution in [1.29, 1.82) is 0 Å². The minimum absolute atomic E-state index is 0.364. The van der Waals surface area contributed by atoms with Crippen molar-refractivity contribution in [3.63, 3.8) is 0 Å². The lowest BCUT2D eigenvalue weighted by Crippen LogP contribution is -2.47. The van der Waals surface area contributed by atoms with Crippen molar-refractivity contribution >= 4 is 5.78 Å². The van der Waals surface area contributed by atoms with Crippen LogP contribution < -0.4 is 5.32 Å². The fourth-order valence-corrected chi connectivity index (χ4v) is 1.87. The van der Waals surface area contributed by atoms with Crippen molar-refractivity contribution in [2.24, 2.45) is 0 Å². The molecule has 0 amide bonds. The maximum absolute atomic E-state index is 12.4. The van der Waals surface area contributed by atoms with Gasteiger partial charge in [0.15, 0.2) is 0 Å². The van der Waals surface area contributed by atoms with Crippen molar-refractivity contribution in [3.8, 4) is 0 Å². The number of likely N-dealkylation sites (N-methyl/N-ethyl adjacent to an activating group) is 1. The molecular formula is C15H15NO2. The van der Waals surface area contributed by atoms with Gasteiger partial charge in [-0.15, -0.1) is 0 Å². The van der Waals surface area contributed by atoms with Crippen LogP contribution in [-0.4, -0.2) is 17.9 Å². The Kier molecular flexibility index (Phi) is 3.55. The first-order valence-electron chi connectivity index (χ1n) is 5.75. The number of hydrogen-bond acceptors (Lipinski definition) is 3. The van der Waals surface area contributed by atoms with Crippen molar-refractivity contribution in [1.82, 2.24) is 5.32 Å². The second-order valence-corrected chi connectivity index (χ2v) is 4.02. The lowest BCUT2D eigenvalue weighted by Gasteiger charge is -2.26. The Morgan fingerprint density at radius 1 is 1.00 bits per heavy atom. The topological polar surface area (TPSA) is 49.3 Å². The number of aliphatic hydroxyl groups is 1. The third kappa shape index (κ3) is 2.18. The van der Waals surface area contributed by atoms with E-state index in [2.05, 4.69) is 5.32 Å². The van der Waals surface area contributed by atoms with Crippen molar-refractivity contribution in [2.75, 3.05) is 7.05 Å². The molecule has 0 heterocycles.